The third kappa shape index (κ3) is 23.5. The van der Waals surface area contributed by atoms with Crippen LogP contribution in [-0.2, 0) is 46.1 Å². The average Bonchev–Trinajstić information content (AvgIpc) is 1.83. The Morgan fingerprint density at radius 2 is 0.560 bits per heavy atom. The Labute approximate surface area is 534 Å². The average molecular weight is 1250 g/mol. The minimum absolute atomic E-state index is 0.292. The van der Waals surface area contributed by atoms with Gasteiger partial charge in [-0.15, -0.1) is 0 Å². The van der Waals surface area contributed by atoms with Gasteiger partial charge in [-0.3, -0.25) is 0 Å². The number of hydrogen-bond donors (Lipinski definition) is 0. The molecule has 0 aliphatic carbocycles. The first-order valence-corrected chi connectivity index (χ1v) is 30.9. The molecule has 17 nitrogen and oxygen atoms in total. The predicted molar refractivity (Wildman–Crippen MR) is 346 cm³/mol. The smallest absolute Gasteiger partial charge is 0.343 e. The molecule has 0 radical (unpaired) electrons. The number of rotatable bonds is 38. The Bertz CT molecular complexity index is 3130. The first-order valence-electron chi connectivity index (χ1n) is 30.9. The van der Waals surface area contributed by atoms with Crippen molar-refractivity contribution in [3.05, 3.63) is 200 Å². The molecule has 6 aromatic rings. The number of ether oxygens (including phenoxy) is 11. The number of carbonyl (C=O) groups excluding carboxylic acids is 6. The van der Waals surface area contributed by atoms with Crippen molar-refractivity contribution in [3.8, 4) is 34.5 Å². The molecule has 0 fully saturated rings. The fourth-order valence-corrected chi connectivity index (χ4v) is 10.3. The van der Waals surface area contributed by atoms with E-state index in [1.807, 2.05) is 79.7 Å². The summed E-state index contributed by atoms with van der Waals surface area (Å²) < 4.78 is 61.8. The summed E-state index contributed by atoms with van der Waals surface area (Å²) in [5.74, 6) is -0.345. The van der Waals surface area contributed by atoms with Gasteiger partial charge < -0.3 is 52.1 Å². The second-order valence-corrected chi connectivity index (χ2v) is 22.2. The van der Waals surface area contributed by atoms with Gasteiger partial charge in [-0.1, -0.05) is 38.8 Å². The highest BCUT2D eigenvalue weighted by Crippen LogP contribution is 2.30. The highest BCUT2D eigenvalue weighted by molar-refractivity contribution is 5.94. The van der Waals surface area contributed by atoms with Crippen molar-refractivity contribution < 1.29 is 80.9 Å². The molecule has 0 unspecified atom stereocenters. The standard InChI is InChI=1S/C74H86O17/c1-11-67(75)84-31-19-15-13-17-21-65-49(3)41-57(42-50(65)4)71(77)88-61-23-27-63(28-24-61)90-73(79)59-45-53(7)69(54(8)46-59)86-39-37-82-35-33-81-34-36-83-38-40-87-70-55(9)47-60(48-56(70)10)74(80)91-64-29-25-62(26-30-64)89-72(78)58-43-51(5)66(52(6)44-58)22-18-14-16-20-32-85-68(76)12-2/h11-12,23-30,41-48H,1-2,13-22,31-40H2,3-10H3. The van der Waals surface area contributed by atoms with Gasteiger partial charge in [0.05, 0.1) is 75.1 Å². The molecule has 0 bridgehead atoms. The van der Waals surface area contributed by atoms with E-state index in [0.29, 0.717) is 123 Å². The summed E-state index contributed by atoms with van der Waals surface area (Å²) in [5.41, 5.74) is 11.2. The van der Waals surface area contributed by atoms with Crippen molar-refractivity contribution in [3.63, 3.8) is 0 Å². The highest BCUT2D eigenvalue weighted by Gasteiger charge is 2.19. The molecular formula is C74H86O17. The Hall–Kier alpha value is -8.90. The van der Waals surface area contributed by atoms with Crippen LogP contribution < -0.4 is 28.4 Å². The summed E-state index contributed by atoms with van der Waals surface area (Å²) in [6.07, 6.45) is 11.6. The molecule has 6 aromatic carbocycles. The first kappa shape index (κ1) is 71.2. The Kier molecular flexibility index (Phi) is 29.2. The monoisotopic (exact) mass is 1250 g/mol. The summed E-state index contributed by atoms with van der Waals surface area (Å²) >= 11 is 0. The van der Waals surface area contributed by atoms with Crippen molar-refractivity contribution in [2.24, 2.45) is 0 Å². The summed E-state index contributed by atoms with van der Waals surface area (Å²) in [4.78, 5) is 75.1. The minimum atomic E-state index is -0.543. The van der Waals surface area contributed by atoms with Crippen LogP contribution in [0.15, 0.2) is 122 Å². The SMILES string of the molecule is C=CC(=O)OCCCCCCc1c(C)cc(C(=O)Oc2ccc(OC(=O)c3cc(C)c(OCCOCCOCCOCCOc4c(C)cc(C(=O)Oc5ccc(OC(=O)c6cc(C)c(CCCCCCOC(=O)C=C)c(C)c6)cc5)cc4C)c(C)c3)cc2)cc1C. The van der Waals surface area contributed by atoms with E-state index in [0.717, 1.165) is 109 Å². The topological polar surface area (TPSA) is 204 Å². The van der Waals surface area contributed by atoms with Gasteiger partial charge in [-0.05, 0) is 247 Å². The van der Waals surface area contributed by atoms with E-state index in [-0.39, 0.29) is 0 Å². The number of carbonyl (C=O) groups is 6. The van der Waals surface area contributed by atoms with E-state index in [1.54, 1.807) is 72.8 Å². The summed E-state index contributed by atoms with van der Waals surface area (Å²) in [7, 11) is 0. The molecule has 17 heteroatoms. The zero-order chi connectivity index (χ0) is 65.7. The molecule has 0 heterocycles. The lowest BCUT2D eigenvalue weighted by molar-refractivity contribution is -0.138. The second-order valence-electron chi connectivity index (χ2n) is 22.2. The molecule has 0 N–H and O–H groups in total. The minimum Gasteiger partial charge on any atom is -0.491 e. The largest absolute Gasteiger partial charge is 0.491 e. The molecule has 0 aliphatic heterocycles. The maximum Gasteiger partial charge on any atom is 0.343 e. The fraction of sp³-hybridized carbons (Fsp3) is 0.378. The van der Waals surface area contributed by atoms with Crippen LogP contribution in [0.25, 0.3) is 0 Å². The van der Waals surface area contributed by atoms with Gasteiger partial charge in [0.1, 0.15) is 47.7 Å². The lowest BCUT2D eigenvalue weighted by Crippen LogP contribution is -2.15. The zero-order valence-electron chi connectivity index (χ0n) is 53.9. The molecule has 91 heavy (non-hydrogen) atoms. The number of unbranched alkanes of at least 4 members (excludes halogenated alkanes) is 6. The molecule has 0 aromatic heterocycles. The Balaban J connectivity index is 0.801. The van der Waals surface area contributed by atoms with Crippen LogP contribution in [-0.4, -0.2) is 102 Å². The lowest BCUT2D eigenvalue weighted by Gasteiger charge is -2.15. The van der Waals surface area contributed by atoms with E-state index in [2.05, 4.69) is 13.2 Å². The summed E-state index contributed by atoms with van der Waals surface area (Å²) in [6.45, 7) is 25.7. The van der Waals surface area contributed by atoms with E-state index in [4.69, 9.17) is 52.1 Å². The Morgan fingerprint density at radius 3 is 0.824 bits per heavy atom. The quantitative estimate of drug-likeness (QED) is 0.0153. The van der Waals surface area contributed by atoms with E-state index in [1.165, 1.54) is 23.3 Å². The van der Waals surface area contributed by atoms with Gasteiger partial charge >= 0.3 is 35.8 Å². The third-order valence-corrected chi connectivity index (χ3v) is 14.9. The van der Waals surface area contributed by atoms with Crippen LogP contribution in [0.3, 0.4) is 0 Å². The van der Waals surface area contributed by atoms with Gasteiger partial charge in [0, 0.05) is 12.2 Å². The Morgan fingerprint density at radius 1 is 0.319 bits per heavy atom. The molecule has 0 spiro atoms. The molecular weight excluding hydrogens is 1160 g/mol. The predicted octanol–water partition coefficient (Wildman–Crippen LogP) is 14.2. The molecule has 0 atom stereocenters. The van der Waals surface area contributed by atoms with Gasteiger partial charge in [0.15, 0.2) is 0 Å². The van der Waals surface area contributed by atoms with Gasteiger partial charge in [0.2, 0.25) is 0 Å². The van der Waals surface area contributed by atoms with E-state index < -0.39 is 35.8 Å². The van der Waals surface area contributed by atoms with Crippen LogP contribution in [0.5, 0.6) is 34.5 Å². The molecule has 0 aliphatic rings. The maximum atomic E-state index is 13.2. The van der Waals surface area contributed by atoms with E-state index >= 15 is 0 Å². The molecule has 0 saturated carbocycles. The lowest BCUT2D eigenvalue weighted by atomic mass is 9.95. The molecule has 0 amide bonds. The maximum absolute atomic E-state index is 13.2. The first-order chi connectivity index (χ1) is 43.8. The van der Waals surface area contributed by atoms with E-state index in [9.17, 15) is 28.8 Å². The number of esters is 6. The normalized spacial score (nSPS) is 10.9. The summed E-state index contributed by atoms with van der Waals surface area (Å²) in [5, 5.41) is 0. The van der Waals surface area contributed by atoms with Crippen LogP contribution in [0, 0.1) is 55.4 Å². The highest BCUT2D eigenvalue weighted by atomic mass is 16.6. The number of hydrogen-bond acceptors (Lipinski definition) is 17. The second kappa shape index (κ2) is 37.3. The van der Waals surface area contributed by atoms with Gasteiger partial charge in [-0.25, -0.2) is 28.8 Å². The third-order valence-electron chi connectivity index (χ3n) is 14.9. The molecule has 6 rings (SSSR count). The van der Waals surface area contributed by atoms with Crippen LogP contribution in [0.1, 0.15) is 148 Å². The van der Waals surface area contributed by atoms with Crippen LogP contribution in [0.4, 0.5) is 0 Å². The van der Waals surface area contributed by atoms with Gasteiger partial charge in [-0.2, -0.15) is 0 Å². The van der Waals surface area contributed by atoms with Crippen LogP contribution >= 0.6 is 0 Å². The van der Waals surface area contributed by atoms with Crippen molar-refractivity contribution >= 4 is 35.8 Å². The molecule has 484 valence electrons. The summed E-state index contributed by atoms with van der Waals surface area (Å²) in [6, 6.07) is 26.8. The zero-order valence-corrected chi connectivity index (χ0v) is 53.9. The molecule has 0 saturated heterocycles. The fourth-order valence-electron chi connectivity index (χ4n) is 10.3. The van der Waals surface area contributed by atoms with Gasteiger partial charge in [0.25, 0.3) is 0 Å². The number of aryl methyl sites for hydroxylation is 8. The van der Waals surface area contributed by atoms with Crippen molar-refractivity contribution in [1.82, 2.24) is 0 Å². The number of benzene rings is 6. The van der Waals surface area contributed by atoms with Crippen molar-refractivity contribution in [1.29, 1.82) is 0 Å². The van der Waals surface area contributed by atoms with Crippen molar-refractivity contribution in [2.45, 2.75) is 120 Å². The van der Waals surface area contributed by atoms with Crippen molar-refractivity contribution in [2.75, 3.05) is 66.1 Å². The van der Waals surface area contributed by atoms with Crippen LogP contribution in [0.2, 0.25) is 0 Å².